The monoisotopic (exact) mass is 1520 g/mol. The SMILES string of the molecule is CCCCCCC/C=C\C/C=C\CCCCCCCCCCCCCCCCCCCCCC(=O)NC(COC1OC(CO)C(OC2OC(CO)C(OC3OC(CO)C(O)C(O)C3O)C(O)C2O)C(O)C1O)C(O)/C=C/CC/C=C/CCCCCCCCCCCCCCCCCCCCCCCCCCC. The van der Waals surface area contributed by atoms with Crippen molar-refractivity contribution in [1.82, 2.24) is 5.32 Å². The number of nitrogens with one attached hydrogen (secondary N) is 1. The number of hydrogen-bond acceptors (Lipinski definition) is 18. The molecule has 3 fully saturated rings. The molecule has 17 unspecified atom stereocenters. The fourth-order valence-corrected chi connectivity index (χ4v) is 15.0. The lowest BCUT2D eigenvalue weighted by atomic mass is 9.96. The Morgan fingerprint density at radius 2 is 0.626 bits per heavy atom. The molecule has 0 aromatic carbocycles. The molecule has 12 N–H and O–H groups in total. The second kappa shape index (κ2) is 68.2. The Kier molecular flexibility index (Phi) is 63.0. The van der Waals surface area contributed by atoms with Crippen LogP contribution < -0.4 is 5.32 Å². The average molecular weight is 1520 g/mol. The number of allylic oxidation sites excluding steroid dienone is 7. The summed E-state index contributed by atoms with van der Waals surface area (Å²) in [5.41, 5.74) is 0. The van der Waals surface area contributed by atoms with Gasteiger partial charge in [0.25, 0.3) is 0 Å². The zero-order chi connectivity index (χ0) is 77.4. The van der Waals surface area contributed by atoms with Gasteiger partial charge in [0.15, 0.2) is 18.9 Å². The Balaban J connectivity index is 1.35. The molecule has 0 saturated carbocycles. The molecule has 19 heteroatoms. The number of aliphatic hydroxyl groups excluding tert-OH is 11. The van der Waals surface area contributed by atoms with E-state index >= 15 is 0 Å². The predicted molar refractivity (Wildman–Crippen MR) is 429 cm³/mol. The maximum absolute atomic E-state index is 13.5. The molecule has 19 nitrogen and oxygen atoms in total. The van der Waals surface area contributed by atoms with Crippen LogP contribution in [0.5, 0.6) is 0 Å². The van der Waals surface area contributed by atoms with Crippen LogP contribution in [0.1, 0.15) is 373 Å². The lowest BCUT2D eigenvalue weighted by molar-refractivity contribution is -0.379. The van der Waals surface area contributed by atoms with Crippen LogP contribution in [-0.4, -0.2) is 193 Å². The van der Waals surface area contributed by atoms with E-state index in [-0.39, 0.29) is 18.9 Å². The number of rotatable bonds is 72. The summed E-state index contributed by atoms with van der Waals surface area (Å²) >= 11 is 0. The first-order valence-corrected chi connectivity index (χ1v) is 44.4. The molecular weight excluding hydrogens is 1360 g/mol. The first-order valence-electron chi connectivity index (χ1n) is 44.4. The summed E-state index contributed by atoms with van der Waals surface area (Å²) in [5, 5.41) is 121. The number of amides is 1. The van der Waals surface area contributed by atoms with Crippen molar-refractivity contribution in [2.24, 2.45) is 0 Å². The van der Waals surface area contributed by atoms with Gasteiger partial charge in [-0.05, 0) is 64.2 Å². The lowest BCUT2D eigenvalue weighted by Gasteiger charge is -2.48. The highest BCUT2D eigenvalue weighted by molar-refractivity contribution is 5.76. The van der Waals surface area contributed by atoms with Crippen LogP contribution in [0.25, 0.3) is 0 Å². The summed E-state index contributed by atoms with van der Waals surface area (Å²) in [6, 6.07) is -0.992. The highest BCUT2D eigenvalue weighted by Gasteiger charge is 2.54. The molecule has 0 aliphatic carbocycles. The van der Waals surface area contributed by atoms with Crippen molar-refractivity contribution in [2.75, 3.05) is 26.4 Å². The first-order chi connectivity index (χ1) is 52.3. The molecule has 3 aliphatic rings. The van der Waals surface area contributed by atoms with Crippen LogP contribution in [0, 0.1) is 0 Å². The molecule has 0 aromatic heterocycles. The summed E-state index contributed by atoms with van der Waals surface area (Å²) in [6.07, 6.45) is 61.2. The third-order valence-electron chi connectivity index (χ3n) is 22.1. The summed E-state index contributed by atoms with van der Waals surface area (Å²) in [7, 11) is 0. The van der Waals surface area contributed by atoms with E-state index in [0.29, 0.717) is 12.8 Å². The Labute approximate surface area is 650 Å². The molecule has 1 amide bonds. The largest absolute Gasteiger partial charge is 0.394 e. The van der Waals surface area contributed by atoms with Crippen molar-refractivity contribution < 1.29 is 89.4 Å². The molecule has 3 aliphatic heterocycles. The summed E-state index contributed by atoms with van der Waals surface area (Å²) in [5.74, 6) is -0.279. The summed E-state index contributed by atoms with van der Waals surface area (Å²) in [6.45, 7) is 1.77. The maximum Gasteiger partial charge on any atom is 0.220 e. The van der Waals surface area contributed by atoms with E-state index in [1.165, 1.54) is 295 Å². The minimum atomic E-state index is -1.98. The quantitative estimate of drug-likeness (QED) is 0.0199. The number of ether oxygens (including phenoxy) is 6. The molecule has 3 rings (SSSR count). The van der Waals surface area contributed by atoms with Gasteiger partial charge in [-0.3, -0.25) is 4.79 Å². The van der Waals surface area contributed by atoms with Gasteiger partial charge in [0.05, 0.1) is 38.6 Å². The van der Waals surface area contributed by atoms with Gasteiger partial charge in [0.2, 0.25) is 5.91 Å². The molecule has 3 heterocycles. The van der Waals surface area contributed by atoms with Gasteiger partial charge >= 0.3 is 0 Å². The maximum atomic E-state index is 13.5. The smallest absolute Gasteiger partial charge is 0.220 e. The fourth-order valence-electron chi connectivity index (χ4n) is 15.0. The van der Waals surface area contributed by atoms with Crippen LogP contribution in [0.15, 0.2) is 48.6 Å². The van der Waals surface area contributed by atoms with E-state index in [4.69, 9.17) is 28.4 Å². The van der Waals surface area contributed by atoms with Gasteiger partial charge < -0.3 is 89.9 Å². The Morgan fingerprint density at radius 3 is 0.991 bits per heavy atom. The van der Waals surface area contributed by atoms with Gasteiger partial charge in [0.1, 0.15) is 73.2 Å². The van der Waals surface area contributed by atoms with E-state index < -0.39 is 124 Å². The van der Waals surface area contributed by atoms with E-state index in [2.05, 4.69) is 55.6 Å². The number of carbonyl (C=O) groups excluding carboxylic acids is 1. The zero-order valence-electron chi connectivity index (χ0n) is 67.6. The minimum absolute atomic E-state index is 0.238. The summed E-state index contributed by atoms with van der Waals surface area (Å²) < 4.78 is 34.5. The lowest BCUT2D eigenvalue weighted by Crippen LogP contribution is -2.66. The molecule has 0 radical (unpaired) electrons. The van der Waals surface area contributed by atoms with Crippen LogP contribution >= 0.6 is 0 Å². The van der Waals surface area contributed by atoms with Gasteiger partial charge in [-0.25, -0.2) is 0 Å². The Hall–Kier alpha value is -2.25. The molecule has 17 atom stereocenters. The second-order valence-electron chi connectivity index (χ2n) is 31.7. The molecule has 628 valence electrons. The highest BCUT2D eigenvalue weighted by Crippen LogP contribution is 2.34. The third kappa shape index (κ3) is 47.3. The van der Waals surface area contributed by atoms with Gasteiger partial charge in [0, 0.05) is 6.42 Å². The molecule has 107 heavy (non-hydrogen) atoms. The Morgan fingerprint density at radius 1 is 0.336 bits per heavy atom. The fraction of sp³-hybridized carbons (Fsp3) is 0.898. The molecule has 0 bridgehead atoms. The van der Waals surface area contributed by atoms with Gasteiger partial charge in [-0.15, -0.1) is 0 Å². The molecule has 0 spiro atoms. The van der Waals surface area contributed by atoms with Crippen LogP contribution in [0.3, 0.4) is 0 Å². The minimum Gasteiger partial charge on any atom is -0.394 e. The second-order valence-corrected chi connectivity index (χ2v) is 31.7. The third-order valence-corrected chi connectivity index (χ3v) is 22.1. The standard InChI is InChI=1S/C88H163NO18/c1-3-5-7-9-11-13-15-17-19-21-23-25-27-29-31-33-35-37-39-41-43-45-47-49-51-53-55-57-59-61-63-65-72(93)71(89-76(94)66-64-62-60-58-56-54-52-50-48-46-44-42-40-38-36-34-32-30-28-26-24-22-20-18-16-14-12-10-8-6-4-2)70-102-86-82(100)79(97)84(74(68-91)104-86)107-88-83(101)80(98)85(75(69-92)105-88)106-87-81(99)78(96)77(95)73(67-90)103-87/h16,18,22,24,55,57,63,65,71-75,77-88,90-93,95-101H,3-15,17,19-21,23,25-54,56,58-62,64,66-70H2,1-2H3,(H,89,94)/b18-16-,24-22-,57-55+,65-63+. The molecular formula is C88H163NO18. The van der Waals surface area contributed by atoms with Crippen molar-refractivity contribution in [1.29, 1.82) is 0 Å². The first kappa shape index (κ1) is 98.9. The van der Waals surface area contributed by atoms with Crippen LogP contribution in [-0.2, 0) is 33.2 Å². The Bertz CT molecular complexity index is 2120. The van der Waals surface area contributed by atoms with E-state index in [1.54, 1.807) is 6.08 Å². The number of unbranched alkanes of at least 4 members (excludes halogenated alkanes) is 50. The van der Waals surface area contributed by atoms with Crippen molar-refractivity contribution in [3.63, 3.8) is 0 Å². The zero-order valence-corrected chi connectivity index (χ0v) is 67.6. The number of hydrogen-bond donors (Lipinski definition) is 12. The number of carbonyl (C=O) groups is 1. The van der Waals surface area contributed by atoms with Crippen LogP contribution in [0.4, 0.5) is 0 Å². The normalized spacial score (nSPS) is 25.7. The van der Waals surface area contributed by atoms with Gasteiger partial charge in [-0.1, -0.05) is 351 Å². The number of aliphatic hydroxyl groups is 11. The van der Waals surface area contributed by atoms with Crippen LogP contribution in [0.2, 0.25) is 0 Å². The molecule has 0 aromatic rings. The van der Waals surface area contributed by atoms with Crippen molar-refractivity contribution in [2.45, 2.75) is 478 Å². The topological polar surface area (TPSA) is 307 Å². The van der Waals surface area contributed by atoms with Gasteiger partial charge in [-0.2, -0.15) is 0 Å². The van der Waals surface area contributed by atoms with Crippen molar-refractivity contribution in [3.8, 4) is 0 Å². The molecule has 3 saturated heterocycles. The van der Waals surface area contributed by atoms with E-state index in [0.717, 1.165) is 44.9 Å². The van der Waals surface area contributed by atoms with Crippen molar-refractivity contribution >= 4 is 5.91 Å². The average Bonchev–Trinajstić information content (AvgIpc) is 0.780. The van der Waals surface area contributed by atoms with E-state index in [1.807, 2.05) is 6.08 Å². The summed E-state index contributed by atoms with van der Waals surface area (Å²) in [4.78, 5) is 13.5. The highest BCUT2D eigenvalue weighted by atomic mass is 16.8. The van der Waals surface area contributed by atoms with E-state index in [9.17, 15) is 61.0 Å². The predicted octanol–water partition coefficient (Wildman–Crippen LogP) is 16.4. The van der Waals surface area contributed by atoms with Crippen molar-refractivity contribution in [3.05, 3.63) is 48.6 Å².